The third-order valence-electron chi connectivity index (χ3n) is 3.31. The van der Waals surface area contributed by atoms with Crippen LogP contribution in [-0.4, -0.2) is 38.2 Å². The van der Waals surface area contributed by atoms with Crippen LogP contribution in [0.2, 0.25) is 0 Å². The Morgan fingerprint density at radius 2 is 2.05 bits per heavy atom. The molecule has 1 fully saturated rings. The number of para-hydroxylation sites is 1. The molecule has 0 bridgehead atoms. The number of benzene rings is 1. The number of nitrogens with one attached hydrogen (secondary N) is 2. The summed E-state index contributed by atoms with van der Waals surface area (Å²) in [6, 6.07) is 11.1. The van der Waals surface area contributed by atoms with Gasteiger partial charge >= 0.3 is 0 Å². The van der Waals surface area contributed by atoms with Gasteiger partial charge in [-0.1, -0.05) is 18.2 Å². The molecular weight excluding hydrogens is 363 g/mol. The number of guanidine groups is 1. The summed E-state index contributed by atoms with van der Waals surface area (Å²) in [6.45, 7) is 8.01. The van der Waals surface area contributed by atoms with Gasteiger partial charge in [0, 0.05) is 37.9 Å². The van der Waals surface area contributed by atoms with E-state index in [9.17, 15) is 0 Å². The third kappa shape index (κ3) is 4.85. The van der Waals surface area contributed by atoms with E-state index < -0.39 is 0 Å². The van der Waals surface area contributed by atoms with Gasteiger partial charge in [-0.2, -0.15) is 0 Å². The first-order valence-electron chi connectivity index (χ1n) is 7.18. The van der Waals surface area contributed by atoms with Crippen LogP contribution in [0.5, 0.6) is 0 Å². The largest absolute Gasteiger partial charge is 0.369 e. The molecule has 1 saturated heterocycles. The smallest absolute Gasteiger partial charge is 0.191 e. The van der Waals surface area contributed by atoms with E-state index in [1.807, 2.05) is 0 Å². The average Bonchev–Trinajstić information content (AvgIpc) is 2.89. The maximum Gasteiger partial charge on any atom is 0.191 e. The molecule has 4 nitrogen and oxygen atoms in total. The van der Waals surface area contributed by atoms with E-state index in [1.54, 1.807) is 0 Å². The minimum Gasteiger partial charge on any atom is -0.369 e. The first-order valence-corrected chi connectivity index (χ1v) is 7.18. The summed E-state index contributed by atoms with van der Waals surface area (Å²) in [4.78, 5) is 6.87. The van der Waals surface area contributed by atoms with Gasteiger partial charge in [-0.3, -0.25) is 4.99 Å². The number of anilines is 1. The topological polar surface area (TPSA) is 39.7 Å². The van der Waals surface area contributed by atoms with E-state index in [4.69, 9.17) is 0 Å². The highest BCUT2D eigenvalue weighted by Gasteiger charge is 2.23. The van der Waals surface area contributed by atoms with Crippen molar-refractivity contribution in [2.75, 3.05) is 31.1 Å². The highest BCUT2D eigenvalue weighted by Crippen LogP contribution is 2.19. The fourth-order valence-electron chi connectivity index (χ4n) is 2.42. The molecule has 0 radical (unpaired) electrons. The summed E-state index contributed by atoms with van der Waals surface area (Å²) in [5.41, 5.74) is 1.31. The van der Waals surface area contributed by atoms with Gasteiger partial charge in [-0.05, 0) is 32.4 Å². The van der Waals surface area contributed by atoms with Gasteiger partial charge in [-0.15, -0.1) is 24.0 Å². The van der Waals surface area contributed by atoms with Crippen molar-refractivity contribution >= 4 is 35.6 Å². The van der Waals surface area contributed by atoms with Crippen LogP contribution < -0.4 is 15.5 Å². The van der Waals surface area contributed by atoms with Crippen LogP contribution in [0, 0.1) is 0 Å². The van der Waals surface area contributed by atoms with E-state index >= 15 is 0 Å². The fourth-order valence-corrected chi connectivity index (χ4v) is 2.42. The lowest BCUT2D eigenvalue weighted by Crippen LogP contribution is -2.44. The molecule has 1 aromatic carbocycles. The highest BCUT2D eigenvalue weighted by molar-refractivity contribution is 14.0. The molecule has 0 spiro atoms. The van der Waals surface area contributed by atoms with Crippen molar-refractivity contribution in [3.05, 3.63) is 30.3 Å². The Morgan fingerprint density at radius 1 is 1.30 bits per heavy atom. The highest BCUT2D eigenvalue weighted by atomic mass is 127. The maximum atomic E-state index is 4.45. The van der Waals surface area contributed by atoms with Crippen LogP contribution in [0.3, 0.4) is 0 Å². The van der Waals surface area contributed by atoms with Gasteiger partial charge in [0.2, 0.25) is 0 Å². The molecular formula is C15H25IN4. The predicted molar refractivity (Wildman–Crippen MR) is 97.3 cm³/mol. The Morgan fingerprint density at radius 3 is 2.70 bits per heavy atom. The van der Waals surface area contributed by atoms with E-state index in [1.165, 1.54) is 5.69 Å². The third-order valence-corrected chi connectivity index (χ3v) is 3.31. The summed E-state index contributed by atoms with van der Waals surface area (Å²) in [5.74, 6) is 0.935. The molecule has 5 heteroatoms. The first kappa shape index (κ1) is 17.1. The minimum absolute atomic E-state index is 0. The molecule has 2 N–H and O–H groups in total. The molecule has 0 aliphatic carbocycles. The van der Waals surface area contributed by atoms with Gasteiger partial charge in [0.1, 0.15) is 0 Å². The molecule has 112 valence electrons. The van der Waals surface area contributed by atoms with Crippen molar-refractivity contribution < 1.29 is 0 Å². The Labute approximate surface area is 139 Å². The van der Waals surface area contributed by atoms with Crippen molar-refractivity contribution in [1.29, 1.82) is 0 Å². The maximum absolute atomic E-state index is 4.45. The molecule has 1 atom stereocenters. The second-order valence-electron chi connectivity index (χ2n) is 4.76. The molecule has 0 aromatic heterocycles. The molecule has 1 aromatic rings. The zero-order chi connectivity index (χ0) is 13.5. The molecule has 1 aliphatic heterocycles. The number of hydrogen-bond donors (Lipinski definition) is 2. The summed E-state index contributed by atoms with van der Waals surface area (Å²) < 4.78 is 0. The number of hydrogen-bond acceptors (Lipinski definition) is 2. The summed E-state index contributed by atoms with van der Waals surface area (Å²) in [6.07, 6.45) is 1.16. The molecule has 1 heterocycles. The first-order chi connectivity index (χ1) is 9.33. The quantitative estimate of drug-likeness (QED) is 0.473. The summed E-state index contributed by atoms with van der Waals surface area (Å²) >= 11 is 0. The van der Waals surface area contributed by atoms with Crippen molar-refractivity contribution in [1.82, 2.24) is 10.6 Å². The number of halogens is 1. The van der Waals surface area contributed by atoms with Crippen LogP contribution in [0.25, 0.3) is 0 Å². The van der Waals surface area contributed by atoms with E-state index in [2.05, 4.69) is 64.7 Å². The Balaban J connectivity index is 0.00000200. The zero-order valence-corrected chi connectivity index (χ0v) is 14.6. The summed E-state index contributed by atoms with van der Waals surface area (Å²) in [5, 5.41) is 6.80. The standard InChI is InChI=1S/C15H24N4.HI/c1-3-16-15(17-4-2)18-13-10-11-19(12-13)14-8-6-5-7-9-14;/h5-9,13H,3-4,10-12H2,1-2H3,(H2,16,17,18);1H. The van der Waals surface area contributed by atoms with Gasteiger partial charge in [0.05, 0.1) is 0 Å². The lowest BCUT2D eigenvalue weighted by Gasteiger charge is -2.20. The predicted octanol–water partition coefficient (Wildman–Crippen LogP) is 2.46. The van der Waals surface area contributed by atoms with Crippen LogP contribution in [0.15, 0.2) is 35.3 Å². The van der Waals surface area contributed by atoms with Gasteiger partial charge < -0.3 is 15.5 Å². The van der Waals surface area contributed by atoms with Crippen molar-refractivity contribution in [3.8, 4) is 0 Å². The summed E-state index contributed by atoms with van der Waals surface area (Å²) in [7, 11) is 0. The number of rotatable bonds is 4. The van der Waals surface area contributed by atoms with E-state index in [0.717, 1.165) is 38.6 Å². The van der Waals surface area contributed by atoms with Gasteiger partial charge in [0.15, 0.2) is 5.96 Å². The zero-order valence-electron chi connectivity index (χ0n) is 12.3. The number of nitrogens with zero attached hydrogens (tertiary/aromatic N) is 2. The molecule has 2 rings (SSSR count). The molecule has 0 amide bonds. The second-order valence-corrected chi connectivity index (χ2v) is 4.76. The average molecular weight is 388 g/mol. The lowest BCUT2D eigenvalue weighted by molar-refractivity contribution is 0.650. The lowest BCUT2D eigenvalue weighted by atomic mass is 10.3. The molecule has 20 heavy (non-hydrogen) atoms. The molecule has 1 unspecified atom stereocenters. The van der Waals surface area contributed by atoms with Crippen molar-refractivity contribution in [2.24, 2.45) is 4.99 Å². The molecule has 1 aliphatic rings. The van der Waals surface area contributed by atoms with Crippen LogP contribution in [0.4, 0.5) is 5.69 Å². The van der Waals surface area contributed by atoms with Crippen LogP contribution in [-0.2, 0) is 0 Å². The van der Waals surface area contributed by atoms with Gasteiger partial charge in [0.25, 0.3) is 0 Å². The minimum atomic E-state index is 0. The van der Waals surface area contributed by atoms with Crippen molar-refractivity contribution in [3.63, 3.8) is 0 Å². The normalized spacial score (nSPS) is 18.6. The Hall–Kier alpha value is -0.980. The monoisotopic (exact) mass is 388 g/mol. The van der Waals surface area contributed by atoms with E-state index in [0.29, 0.717) is 6.04 Å². The van der Waals surface area contributed by atoms with Crippen LogP contribution >= 0.6 is 24.0 Å². The number of aliphatic imine (C=N–C) groups is 1. The molecule has 0 saturated carbocycles. The van der Waals surface area contributed by atoms with E-state index in [-0.39, 0.29) is 24.0 Å². The van der Waals surface area contributed by atoms with Crippen molar-refractivity contribution in [2.45, 2.75) is 26.3 Å². The fraction of sp³-hybridized carbons (Fsp3) is 0.533. The Bertz CT molecular complexity index is 408. The SMILES string of the molecule is CCN=C(NCC)NC1CCN(c2ccccc2)C1.I. The van der Waals surface area contributed by atoms with Crippen LogP contribution in [0.1, 0.15) is 20.3 Å². The second kappa shape index (κ2) is 9.05. The Kier molecular flexibility index (Phi) is 7.72. The van der Waals surface area contributed by atoms with Gasteiger partial charge in [-0.25, -0.2) is 0 Å².